The number of amides is 2. The van der Waals surface area contributed by atoms with Gasteiger partial charge in [0.15, 0.2) is 34.8 Å². The third-order valence-corrected chi connectivity index (χ3v) is 22.2. The van der Waals surface area contributed by atoms with E-state index in [1.54, 1.807) is 78.9 Å². The topological polar surface area (TPSA) is 458 Å². The fraction of sp³-hybridized carbons (Fsp3) is 0.411. The number of aromatic amines is 1. The molecule has 2 amide bonds. The lowest BCUT2D eigenvalue weighted by Crippen LogP contribution is -2.82. The van der Waals surface area contributed by atoms with Crippen molar-refractivity contribution in [3.8, 4) is 0 Å². The number of carboxylic acids is 2. The fourth-order valence-electron chi connectivity index (χ4n) is 14.3. The zero-order valence-electron chi connectivity index (χ0n) is 57.8. The predicted octanol–water partition coefficient (Wildman–Crippen LogP) is 5.60. The molecule has 0 spiro atoms. The third kappa shape index (κ3) is 16.6. The number of rotatable bonds is 29. The second kappa shape index (κ2) is 32.3. The van der Waals surface area contributed by atoms with Gasteiger partial charge in [0, 0.05) is 73.3 Å². The summed E-state index contributed by atoms with van der Waals surface area (Å²) in [5.41, 5.74) is -2.27. The van der Waals surface area contributed by atoms with Crippen LogP contribution in [-0.4, -0.2) is 178 Å². The molecule has 554 valence electrons. The standard InChI is InChI=1S/C73H78N8O22S2/c1-37-49(100-68(96)56(86)54(40-16-10-7-11-17-40)79-63(89)41-18-12-8-13-19-41)32-73(97)60(102-67(95)43-20-14-9-15-21-43)58-71(6,59(87)57(99-38(2)82)53(37)70(73,4)5)50(31-51-72(58,36-98-51)103-39(3)83)101-52(85)28-29-104-105-35-44(65(91)92)30-47(84)26-27-48(66(93)94)78-62(88)42-22-24-45(25-23-42)75-33-46-34-76-61-55(77-46)64(90)81-69(74)80-61/h7-25,34,44,48-51,54,56-58,60,75,86,97H,26-33,35-36H2,1-6H3,(H,78,88)(H,79,89)(H,91,92)(H,93,94)(H3,74,76,80,81,90)/t44?,48?,49-,50-,51+,54-,56+,57+,58?,60-,71?,72-,73+/m0/s1. The molecule has 2 bridgehead atoms. The number of H-pyrrole nitrogens is 1. The monoisotopic (exact) mass is 1480 g/mol. The van der Waals surface area contributed by atoms with Crippen LogP contribution in [0.15, 0.2) is 137 Å². The maximum Gasteiger partial charge on any atom is 0.338 e. The second-order valence-corrected chi connectivity index (χ2v) is 29.4. The first-order chi connectivity index (χ1) is 49.9. The van der Waals surface area contributed by atoms with Gasteiger partial charge in [-0.15, -0.1) is 0 Å². The number of carboxylic acid groups (broad SMARTS) is 2. The molecule has 6 aromatic rings. The number of anilines is 2. The van der Waals surface area contributed by atoms with Crippen LogP contribution in [0.4, 0.5) is 11.6 Å². The number of esters is 5. The number of aliphatic hydroxyl groups is 2. The van der Waals surface area contributed by atoms with E-state index in [2.05, 4.69) is 35.9 Å². The van der Waals surface area contributed by atoms with E-state index in [0.29, 0.717) is 16.9 Å². The summed E-state index contributed by atoms with van der Waals surface area (Å²) in [6.45, 7) is 7.59. The number of ether oxygens (including phenoxy) is 6. The van der Waals surface area contributed by atoms with Crippen molar-refractivity contribution in [3.05, 3.63) is 171 Å². The van der Waals surface area contributed by atoms with Crippen LogP contribution in [0.5, 0.6) is 0 Å². The normalized spacial score (nSPS) is 24.0. The van der Waals surface area contributed by atoms with Gasteiger partial charge < -0.3 is 70.5 Å². The first kappa shape index (κ1) is 77.2. The minimum Gasteiger partial charge on any atom is -0.481 e. The molecule has 2 aromatic heterocycles. The molecule has 2 saturated carbocycles. The van der Waals surface area contributed by atoms with Crippen molar-refractivity contribution in [3.63, 3.8) is 0 Å². The van der Waals surface area contributed by atoms with Gasteiger partial charge in [-0.05, 0) is 85.5 Å². The Bertz CT molecular complexity index is 4440. The molecule has 3 heterocycles. The average molecular weight is 1480 g/mol. The molecule has 105 heavy (non-hydrogen) atoms. The lowest BCUT2D eigenvalue weighted by molar-refractivity contribution is -0.346. The number of nitrogen functional groups attached to an aromatic ring is 1. The van der Waals surface area contributed by atoms with E-state index in [9.17, 15) is 73.2 Å². The van der Waals surface area contributed by atoms with E-state index in [-0.39, 0.29) is 75.8 Å². The molecule has 10 rings (SSSR count). The van der Waals surface area contributed by atoms with Crippen LogP contribution in [0.1, 0.15) is 128 Å². The number of aromatic nitrogens is 4. The number of fused-ring (bicyclic) bond motifs is 6. The molecule has 13 atom stereocenters. The van der Waals surface area contributed by atoms with Crippen molar-refractivity contribution in [1.29, 1.82) is 0 Å². The van der Waals surface area contributed by atoms with Crippen molar-refractivity contribution in [2.75, 3.05) is 29.2 Å². The Morgan fingerprint density at radius 3 is 2.02 bits per heavy atom. The van der Waals surface area contributed by atoms with E-state index >= 15 is 4.79 Å². The number of carbonyl (C=O) groups is 11. The Hall–Kier alpha value is -10.4. The number of aliphatic hydroxyl groups excluding tert-OH is 1. The van der Waals surface area contributed by atoms with Crippen LogP contribution in [0.3, 0.4) is 0 Å². The van der Waals surface area contributed by atoms with Gasteiger partial charge in [-0.3, -0.25) is 48.1 Å². The summed E-state index contributed by atoms with van der Waals surface area (Å²) in [4.78, 5) is 180. The highest BCUT2D eigenvalue weighted by Crippen LogP contribution is 2.65. The van der Waals surface area contributed by atoms with Crippen LogP contribution >= 0.6 is 21.6 Å². The number of carbonyl (C=O) groups excluding carboxylic acids is 9. The van der Waals surface area contributed by atoms with Gasteiger partial charge in [0.25, 0.3) is 17.4 Å². The van der Waals surface area contributed by atoms with Gasteiger partial charge in [0.05, 0.1) is 60.3 Å². The summed E-state index contributed by atoms with van der Waals surface area (Å²) in [7, 11) is 2.04. The Kier molecular flexibility index (Phi) is 23.8. The minimum atomic E-state index is -2.59. The molecule has 4 aliphatic rings. The molecule has 3 aliphatic carbocycles. The Balaban J connectivity index is 0.839. The smallest absolute Gasteiger partial charge is 0.338 e. The zero-order valence-corrected chi connectivity index (χ0v) is 59.4. The maximum absolute atomic E-state index is 16.5. The minimum absolute atomic E-state index is 0.0147. The van der Waals surface area contributed by atoms with E-state index in [1.165, 1.54) is 70.3 Å². The van der Waals surface area contributed by atoms with Gasteiger partial charge in [-0.2, -0.15) is 4.98 Å². The van der Waals surface area contributed by atoms with Crippen LogP contribution < -0.4 is 27.2 Å². The summed E-state index contributed by atoms with van der Waals surface area (Å²) in [6, 6.07) is 26.6. The quantitative estimate of drug-likeness (QED) is 0.00906. The number of nitrogens with two attached hydrogens (primary N) is 1. The molecule has 10 N–H and O–H groups in total. The van der Waals surface area contributed by atoms with Crippen LogP contribution in [0.2, 0.25) is 0 Å². The first-order valence-electron chi connectivity index (χ1n) is 33.5. The molecule has 1 aliphatic heterocycles. The van der Waals surface area contributed by atoms with Gasteiger partial charge in [0.2, 0.25) is 5.95 Å². The highest BCUT2D eigenvalue weighted by Gasteiger charge is 2.79. The number of aliphatic carboxylic acids is 2. The number of nitrogens with one attached hydrogen (secondary N) is 4. The average Bonchev–Trinajstić information content (AvgIpc) is 0.667. The van der Waals surface area contributed by atoms with Crippen molar-refractivity contribution in [2.45, 2.75) is 147 Å². The zero-order chi connectivity index (χ0) is 75.9. The van der Waals surface area contributed by atoms with E-state index < -0.39 is 186 Å². The molecule has 4 unspecified atom stereocenters. The van der Waals surface area contributed by atoms with Gasteiger partial charge in [0.1, 0.15) is 41.8 Å². The van der Waals surface area contributed by atoms with Crippen molar-refractivity contribution in [2.24, 2.45) is 22.7 Å². The summed E-state index contributed by atoms with van der Waals surface area (Å²) in [6.07, 6.45) is -12.0. The number of hydrogen-bond donors (Lipinski definition) is 9. The van der Waals surface area contributed by atoms with E-state index in [0.717, 1.165) is 35.4 Å². The van der Waals surface area contributed by atoms with E-state index in [4.69, 9.17) is 34.2 Å². The number of nitrogens with zero attached hydrogens (tertiary/aromatic N) is 3. The highest BCUT2D eigenvalue weighted by molar-refractivity contribution is 8.76. The van der Waals surface area contributed by atoms with Crippen molar-refractivity contribution >= 4 is 110 Å². The van der Waals surface area contributed by atoms with Crippen molar-refractivity contribution in [1.82, 2.24) is 30.6 Å². The summed E-state index contributed by atoms with van der Waals surface area (Å²) >= 11 is 0. The highest BCUT2D eigenvalue weighted by atomic mass is 33.1. The third-order valence-electron chi connectivity index (χ3n) is 19.7. The van der Waals surface area contributed by atoms with Crippen LogP contribution in [-0.2, 0) is 73.3 Å². The van der Waals surface area contributed by atoms with Crippen LogP contribution in [0, 0.1) is 22.7 Å². The fourth-order valence-corrected chi connectivity index (χ4v) is 16.5. The van der Waals surface area contributed by atoms with E-state index in [1.807, 2.05) is 0 Å². The first-order valence-corrected chi connectivity index (χ1v) is 35.9. The van der Waals surface area contributed by atoms with Crippen molar-refractivity contribution < 1.29 is 102 Å². The molecule has 1 saturated heterocycles. The summed E-state index contributed by atoms with van der Waals surface area (Å²) < 4.78 is 37.5. The van der Waals surface area contributed by atoms with Gasteiger partial charge in [-0.25, -0.2) is 24.4 Å². The van der Waals surface area contributed by atoms with Gasteiger partial charge in [-0.1, -0.05) is 102 Å². The SMILES string of the molecule is CC(=O)O[C@H]1C(=O)C2(C)C([C@H](OC(=O)c3ccccc3)[C@]3(O)C[C@H](OC(=O)[C@H](O)[C@@H](NC(=O)c4ccccc4)c4ccccc4)C(C)=C1C3(C)C)[C@]1(OC(C)=O)CO[C@@H]1C[C@@H]2OC(=O)CCSSCC(CC(=O)CCC(NC(=O)c1ccc(NCc2cnc3nc(N)[nH]c(=O)c3n2)cc1)C(=O)O)C(=O)O. The summed E-state index contributed by atoms with van der Waals surface area (Å²) in [5, 5.41) is 54.7. The largest absolute Gasteiger partial charge is 0.481 e. The molecule has 30 nitrogen and oxygen atoms in total. The molecule has 3 fully saturated rings. The molecular formula is C73H78N8O22S2. The lowest BCUT2D eigenvalue weighted by Gasteiger charge is -2.67. The molecular weight excluding hydrogens is 1400 g/mol. The Morgan fingerprint density at radius 2 is 1.40 bits per heavy atom. The number of hydrogen-bond acceptors (Lipinski definition) is 27. The maximum atomic E-state index is 16.5. The predicted molar refractivity (Wildman–Crippen MR) is 376 cm³/mol. The summed E-state index contributed by atoms with van der Waals surface area (Å²) in [5.74, 6) is -14.4. The molecule has 32 heteroatoms. The number of benzene rings is 4. The van der Waals surface area contributed by atoms with Gasteiger partial charge >= 0.3 is 41.8 Å². The Labute approximate surface area is 608 Å². The molecule has 4 aromatic carbocycles. The molecule has 0 radical (unpaired) electrons. The Morgan fingerprint density at radius 1 is 0.762 bits per heavy atom. The van der Waals surface area contributed by atoms with Crippen LogP contribution in [0.25, 0.3) is 11.2 Å². The second-order valence-electron chi connectivity index (χ2n) is 26.8. The number of ketones is 2. The lowest BCUT2D eigenvalue weighted by atomic mass is 9.44. The number of Topliss-reactive ketones (excluding diaryl/α,β-unsaturated/α-hetero) is 2.